The first-order valence-electron chi connectivity index (χ1n) is 6.96. The zero-order chi connectivity index (χ0) is 12.8. The molecular weight excluding hydrogens is 240 g/mol. The molecule has 0 amide bonds. The quantitative estimate of drug-likeness (QED) is 0.841. The lowest BCUT2D eigenvalue weighted by molar-refractivity contribution is -0.0178. The van der Waals surface area contributed by atoms with E-state index in [-0.39, 0.29) is 6.10 Å². The Hall–Kier alpha value is -1.68. The van der Waals surface area contributed by atoms with Gasteiger partial charge in [-0.3, -0.25) is 4.90 Å². The summed E-state index contributed by atoms with van der Waals surface area (Å²) in [5.74, 6) is 1.31. The predicted molar refractivity (Wildman–Crippen MR) is 74.2 cm³/mol. The molecule has 3 fully saturated rings. The number of benzene rings is 1. The lowest BCUT2D eigenvalue weighted by atomic mass is 9.86. The molecule has 0 saturated carbocycles. The zero-order valence-corrected chi connectivity index (χ0v) is 10.8. The fourth-order valence-electron chi connectivity index (χ4n) is 3.29. The molecule has 100 valence electrons. The highest BCUT2D eigenvalue weighted by Crippen LogP contribution is 2.33. The van der Waals surface area contributed by atoms with Crippen LogP contribution in [0.5, 0.6) is 5.95 Å². The first-order chi connectivity index (χ1) is 9.28. The SMILES string of the molecule is Nc1ccc2oc(OC3CN4CCC3CC4)cc2c1. The summed E-state index contributed by atoms with van der Waals surface area (Å²) >= 11 is 0. The number of nitrogens with two attached hydrogens (primary N) is 1. The van der Waals surface area contributed by atoms with E-state index in [1.54, 1.807) is 0 Å². The van der Waals surface area contributed by atoms with E-state index >= 15 is 0 Å². The van der Waals surface area contributed by atoms with Crippen LogP contribution in [0.3, 0.4) is 0 Å². The number of nitrogens with zero attached hydrogens (tertiary/aromatic N) is 1. The van der Waals surface area contributed by atoms with Gasteiger partial charge in [0.05, 0.1) is 0 Å². The molecule has 4 heterocycles. The maximum atomic E-state index is 6.06. The van der Waals surface area contributed by atoms with Crippen LogP contribution in [0.2, 0.25) is 0 Å². The number of rotatable bonds is 2. The predicted octanol–water partition coefficient (Wildman–Crippen LogP) is 2.49. The Bertz CT molecular complexity index is 599. The van der Waals surface area contributed by atoms with E-state index < -0.39 is 0 Å². The summed E-state index contributed by atoms with van der Waals surface area (Å²) in [6.07, 6.45) is 2.77. The standard InChI is InChI=1S/C15H18N2O2/c16-12-1-2-13-11(7-12)8-15(18-13)19-14-9-17-5-3-10(14)4-6-17/h1-2,7-8,10,14H,3-6,9,16H2. The second kappa shape index (κ2) is 4.17. The third-order valence-corrected chi connectivity index (χ3v) is 4.38. The normalized spacial score (nSPS) is 29.8. The zero-order valence-electron chi connectivity index (χ0n) is 10.8. The Morgan fingerprint density at radius 2 is 2.05 bits per heavy atom. The molecule has 1 unspecified atom stereocenters. The Labute approximate surface area is 112 Å². The minimum Gasteiger partial charge on any atom is -0.460 e. The van der Waals surface area contributed by atoms with Crippen molar-refractivity contribution in [2.75, 3.05) is 25.4 Å². The summed E-state index contributed by atoms with van der Waals surface area (Å²) in [7, 11) is 0. The van der Waals surface area contributed by atoms with Gasteiger partial charge < -0.3 is 14.9 Å². The number of ether oxygens (including phenoxy) is 1. The number of hydrogen-bond donors (Lipinski definition) is 1. The summed E-state index contributed by atoms with van der Waals surface area (Å²) in [6, 6.07) is 7.61. The number of fused-ring (bicyclic) bond motifs is 4. The Morgan fingerprint density at radius 1 is 1.21 bits per heavy atom. The van der Waals surface area contributed by atoms with E-state index in [2.05, 4.69) is 4.90 Å². The molecule has 2 bridgehead atoms. The summed E-state index contributed by atoms with van der Waals surface area (Å²) in [6.45, 7) is 3.48. The maximum absolute atomic E-state index is 6.06. The highest BCUT2D eigenvalue weighted by atomic mass is 16.6. The Balaban J connectivity index is 1.58. The largest absolute Gasteiger partial charge is 0.460 e. The van der Waals surface area contributed by atoms with E-state index in [9.17, 15) is 0 Å². The molecule has 1 aromatic carbocycles. The van der Waals surface area contributed by atoms with Crippen LogP contribution in [0.1, 0.15) is 12.8 Å². The van der Waals surface area contributed by atoms with Gasteiger partial charge >= 0.3 is 0 Å². The fraction of sp³-hybridized carbons (Fsp3) is 0.467. The lowest BCUT2D eigenvalue weighted by Gasteiger charge is -2.43. The van der Waals surface area contributed by atoms with Crippen LogP contribution in [0.25, 0.3) is 11.0 Å². The molecule has 2 N–H and O–H groups in total. The van der Waals surface area contributed by atoms with Gasteiger partial charge in [0.2, 0.25) is 0 Å². The van der Waals surface area contributed by atoms with Gasteiger partial charge in [-0.25, -0.2) is 0 Å². The van der Waals surface area contributed by atoms with Crippen LogP contribution in [-0.4, -0.2) is 30.6 Å². The molecule has 3 aliphatic heterocycles. The van der Waals surface area contributed by atoms with Gasteiger partial charge in [-0.2, -0.15) is 0 Å². The van der Waals surface area contributed by atoms with E-state index in [0.717, 1.165) is 23.2 Å². The molecule has 0 aliphatic carbocycles. The fourth-order valence-corrected chi connectivity index (χ4v) is 3.29. The van der Waals surface area contributed by atoms with E-state index in [1.165, 1.54) is 25.9 Å². The average molecular weight is 258 g/mol. The topological polar surface area (TPSA) is 51.6 Å². The van der Waals surface area contributed by atoms with Gasteiger partial charge in [-0.05, 0) is 50.0 Å². The van der Waals surface area contributed by atoms with Crippen LogP contribution >= 0.6 is 0 Å². The molecule has 3 saturated heterocycles. The van der Waals surface area contributed by atoms with Gasteiger partial charge in [0.1, 0.15) is 11.7 Å². The number of hydrogen-bond acceptors (Lipinski definition) is 4. The lowest BCUT2D eigenvalue weighted by Crippen LogP contribution is -2.52. The van der Waals surface area contributed by atoms with E-state index in [4.69, 9.17) is 14.9 Å². The van der Waals surface area contributed by atoms with Crippen molar-refractivity contribution in [3.05, 3.63) is 24.3 Å². The summed E-state index contributed by atoms with van der Waals surface area (Å²) in [5, 5.41) is 1.01. The molecule has 1 atom stereocenters. The highest BCUT2D eigenvalue weighted by Gasteiger charge is 2.36. The van der Waals surface area contributed by atoms with Crippen molar-refractivity contribution < 1.29 is 9.15 Å². The van der Waals surface area contributed by atoms with Crippen LogP contribution in [0, 0.1) is 5.92 Å². The molecule has 19 heavy (non-hydrogen) atoms. The van der Waals surface area contributed by atoms with Crippen LogP contribution in [0.4, 0.5) is 5.69 Å². The third-order valence-electron chi connectivity index (χ3n) is 4.38. The van der Waals surface area contributed by atoms with Crippen LogP contribution < -0.4 is 10.5 Å². The van der Waals surface area contributed by atoms with Crippen molar-refractivity contribution in [3.63, 3.8) is 0 Å². The molecule has 0 spiro atoms. The van der Waals surface area contributed by atoms with Gasteiger partial charge in [-0.1, -0.05) is 0 Å². The monoisotopic (exact) mass is 258 g/mol. The van der Waals surface area contributed by atoms with Crippen molar-refractivity contribution in [2.24, 2.45) is 5.92 Å². The van der Waals surface area contributed by atoms with Crippen molar-refractivity contribution in [1.82, 2.24) is 4.90 Å². The van der Waals surface area contributed by atoms with Gasteiger partial charge in [-0.15, -0.1) is 0 Å². The molecule has 1 aromatic heterocycles. The van der Waals surface area contributed by atoms with Gasteiger partial charge in [0.25, 0.3) is 5.95 Å². The Morgan fingerprint density at radius 3 is 2.79 bits per heavy atom. The molecule has 4 nitrogen and oxygen atoms in total. The minimum absolute atomic E-state index is 0.278. The highest BCUT2D eigenvalue weighted by molar-refractivity contribution is 5.82. The first-order valence-corrected chi connectivity index (χ1v) is 6.96. The summed E-state index contributed by atoms with van der Waals surface area (Å²) < 4.78 is 11.8. The van der Waals surface area contributed by atoms with Crippen molar-refractivity contribution >= 4 is 16.7 Å². The smallest absolute Gasteiger partial charge is 0.285 e. The van der Waals surface area contributed by atoms with Crippen LogP contribution in [-0.2, 0) is 0 Å². The third kappa shape index (κ3) is 1.96. The summed E-state index contributed by atoms with van der Waals surface area (Å²) in [4.78, 5) is 2.48. The second-order valence-electron chi connectivity index (χ2n) is 5.66. The number of anilines is 1. The number of piperidine rings is 3. The molecule has 3 aliphatic rings. The maximum Gasteiger partial charge on any atom is 0.285 e. The average Bonchev–Trinajstić information content (AvgIpc) is 2.81. The van der Waals surface area contributed by atoms with E-state index in [1.807, 2.05) is 24.3 Å². The molecule has 5 rings (SSSR count). The molecule has 0 radical (unpaired) electrons. The molecule has 4 heteroatoms. The van der Waals surface area contributed by atoms with Crippen LogP contribution in [0.15, 0.2) is 28.7 Å². The molecule has 2 aromatic rings. The minimum atomic E-state index is 0.278. The van der Waals surface area contributed by atoms with Gasteiger partial charge in [0, 0.05) is 23.7 Å². The van der Waals surface area contributed by atoms with Crippen molar-refractivity contribution in [2.45, 2.75) is 18.9 Å². The second-order valence-corrected chi connectivity index (χ2v) is 5.66. The van der Waals surface area contributed by atoms with Crippen molar-refractivity contribution in [1.29, 1.82) is 0 Å². The Kier molecular flexibility index (Phi) is 2.45. The van der Waals surface area contributed by atoms with Gasteiger partial charge in [0.15, 0.2) is 0 Å². The van der Waals surface area contributed by atoms with Crippen molar-refractivity contribution in [3.8, 4) is 5.95 Å². The van der Waals surface area contributed by atoms with E-state index in [0.29, 0.717) is 11.9 Å². The number of nitrogen functional groups attached to an aromatic ring is 1. The number of furan rings is 1. The molecular formula is C15H18N2O2. The summed E-state index contributed by atoms with van der Waals surface area (Å²) in [5.41, 5.74) is 7.37. The first kappa shape index (κ1) is 11.2.